The molecule has 2 saturated carbocycles. The Hall–Kier alpha value is -0.480. The van der Waals surface area contributed by atoms with E-state index in [-0.39, 0.29) is 0 Å². The van der Waals surface area contributed by atoms with Crippen LogP contribution in [0.2, 0.25) is 0 Å². The molecule has 0 radical (unpaired) electrons. The molecule has 0 aromatic carbocycles. The third-order valence-electron chi connectivity index (χ3n) is 4.10. The van der Waals surface area contributed by atoms with Crippen LogP contribution in [0.3, 0.4) is 0 Å². The van der Waals surface area contributed by atoms with E-state index in [0.29, 0.717) is 0 Å². The van der Waals surface area contributed by atoms with E-state index in [0.717, 1.165) is 24.3 Å². The Morgan fingerprint density at radius 1 is 1.00 bits per heavy atom. The lowest BCUT2D eigenvalue weighted by molar-refractivity contribution is 0.304. The summed E-state index contributed by atoms with van der Waals surface area (Å²) in [6.07, 6.45) is 11.1. The molecule has 0 aromatic heterocycles. The zero-order valence-electron chi connectivity index (χ0n) is 10.6. The van der Waals surface area contributed by atoms with Gasteiger partial charge in [-0.05, 0) is 51.0 Å². The molecule has 1 heteroatoms. The van der Waals surface area contributed by atoms with Crippen molar-refractivity contribution in [1.29, 1.82) is 0 Å². The predicted molar refractivity (Wildman–Crippen MR) is 69.2 cm³/mol. The van der Waals surface area contributed by atoms with Crippen molar-refractivity contribution in [3.05, 3.63) is 0 Å². The number of nitrogens with one attached hydrogen (secondary N) is 1. The van der Waals surface area contributed by atoms with E-state index in [4.69, 9.17) is 0 Å². The first-order valence-corrected chi connectivity index (χ1v) is 7.03. The van der Waals surface area contributed by atoms with Crippen LogP contribution < -0.4 is 5.32 Å². The first kappa shape index (κ1) is 12.0. The van der Waals surface area contributed by atoms with Gasteiger partial charge in [-0.1, -0.05) is 19.3 Å². The summed E-state index contributed by atoms with van der Waals surface area (Å²) in [5.74, 6) is 8.12. The van der Waals surface area contributed by atoms with Gasteiger partial charge < -0.3 is 5.32 Å². The molecule has 16 heavy (non-hydrogen) atoms. The summed E-state index contributed by atoms with van der Waals surface area (Å²) >= 11 is 0. The third-order valence-corrected chi connectivity index (χ3v) is 4.10. The van der Waals surface area contributed by atoms with Gasteiger partial charge in [0.25, 0.3) is 0 Å². The van der Waals surface area contributed by atoms with Gasteiger partial charge in [0.15, 0.2) is 0 Å². The highest BCUT2D eigenvalue weighted by molar-refractivity contribution is 4.98. The number of hydrogen-bond donors (Lipinski definition) is 1. The van der Waals surface area contributed by atoms with Crippen LogP contribution in [-0.4, -0.2) is 12.6 Å². The van der Waals surface area contributed by atoms with E-state index < -0.39 is 0 Å². The summed E-state index contributed by atoms with van der Waals surface area (Å²) in [5.41, 5.74) is 0. The summed E-state index contributed by atoms with van der Waals surface area (Å²) in [6, 6.07) is 0.862. The summed E-state index contributed by atoms with van der Waals surface area (Å²) in [6.45, 7) is 3.22. The maximum atomic E-state index is 3.71. The molecule has 0 bridgehead atoms. The van der Waals surface area contributed by atoms with Crippen molar-refractivity contribution in [2.45, 2.75) is 64.3 Å². The van der Waals surface area contributed by atoms with Crippen LogP contribution in [0.25, 0.3) is 0 Å². The van der Waals surface area contributed by atoms with Crippen molar-refractivity contribution in [3.8, 4) is 11.8 Å². The Morgan fingerprint density at radius 2 is 1.75 bits per heavy atom. The lowest BCUT2D eigenvalue weighted by Crippen LogP contribution is -2.29. The van der Waals surface area contributed by atoms with Gasteiger partial charge in [-0.15, -0.1) is 11.8 Å². The predicted octanol–water partition coefficient (Wildman–Crippen LogP) is 3.35. The smallest absolute Gasteiger partial charge is 0.0120 e. The fourth-order valence-corrected chi connectivity index (χ4v) is 2.84. The first-order chi connectivity index (χ1) is 7.90. The van der Waals surface area contributed by atoms with E-state index in [9.17, 15) is 0 Å². The molecule has 2 aliphatic carbocycles. The summed E-state index contributed by atoms with van der Waals surface area (Å²) in [5, 5.41) is 3.71. The van der Waals surface area contributed by atoms with Gasteiger partial charge in [-0.2, -0.15) is 0 Å². The van der Waals surface area contributed by atoms with Gasteiger partial charge in [-0.3, -0.25) is 0 Å². The minimum absolute atomic E-state index is 0.862. The second kappa shape index (κ2) is 6.30. The van der Waals surface area contributed by atoms with Crippen LogP contribution in [0.5, 0.6) is 0 Å². The van der Waals surface area contributed by atoms with Gasteiger partial charge in [-0.25, -0.2) is 0 Å². The topological polar surface area (TPSA) is 12.0 Å². The van der Waals surface area contributed by atoms with E-state index in [1.807, 2.05) is 6.92 Å². The average molecular weight is 219 g/mol. The Labute approximate surface area is 100 Å². The first-order valence-electron chi connectivity index (χ1n) is 7.03. The lowest BCUT2D eigenvalue weighted by Gasteiger charge is -2.23. The molecule has 2 unspecified atom stereocenters. The minimum atomic E-state index is 0.862. The highest BCUT2D eigenvalue weighted by Crippen LogP contribution is 2.31. The molecular weight excluding hydrogens is 194 g/mol. The molecule has 2 fully saturated rings. The molecule has 0 amide bonds. The zero-order chi connectivity index (χ0) is 11.2. The Kier molecular flexibility index (Phi) is 4.72. The van der Waals surface area contributed by atoms with E-state index in [1.54, 1.807) is 0 Å². The fourth-order valence-electron chi connectivity index (χ4n) is 2.84. The molecule has 0 aromatic rings. The molecule has 2 aliphatic rings. The van der Waals surface area contributed by atoms with Crippen molar-refractivity contribution in [2.75, 3.05) is 6.54 Å². The molecule has 0 saturated heterocycles. The van der Waals surface area contributed by atoms with Crippen molar-refractivity contribution >= 4 is 0 Å². The highest BCUT2D eigenvalue weighted by atomic mass is 14.9. The van der Waals surface area contributed by atoms with Crippen molar-refractivity contribution < 1.29 is 0 Å². The van der Waals surface area contributed by atoms with Crippen LogP contribution in [0.4, 0.5) is 0 Å². The van der Waals surface area contributed by atoms with Crippen molar-refractivity contribution in [1.82, 2.24) is 5.32 Å². The molecule has 0 heterocycles. The number of rotatable bonds is 4. The van der Waals surface area contributed by atoms with Crippen LogP contribution in [-0.2, 0) is 0 Å². The van der Waals surface area contributed by atoms with Crippen molar-refractivity contribution in [2.24, 2.45) is 11.8 Å². The van der Waals surface area contributed by atoms with Crippen LogP contribution in [0.15, 0.2) is 0 Å². The normalized spacial score (nSPS) is 30.3. The molecular formula is C15H25N. The minimum Gasteiger partial charge on any atom is -0.314 e. The average Bonchev–Trinajstić information content (AvgIpc) is 3.11. The Balaban J connectivity index is 1.82. The maximum absolute atomic E-state index is 3.71. The fraction of sp³-hybridized carbons (Fsp3) is 0.867. The summed E-state index contributed by atoms with van der Waals surface area (Å²) in [7, 11) is 0. The molecule has 90 valence electrons. The standard InChI is InChI=1S/C15H25N/c1-2-3-7-13-8-5-4-6-9-14(13)12-16-15-10-11-15/h13-16H,4-12H2,1H3. The second-order valence-electron chi connectivity index (χ2n) is 5.47. The lowest BCUT2D eigenvalue weighted by atomic mass is 9.85. The van der Waals surface area contributed by atoms with Gasteiger partial charge in [0, 0.05) is 12.5 Å². The van der Waals surface area contributed by atoms with Crippen LogP contribution >= 0.6 is 0 Å². The quantitative estimate of drug-likeness (QED) is 0.565. The molecule has 0 spiro atoms. The molecule has 2 atom stereocenters. The van der Waals surface area contributed by atoms with Gasteiger partial charge in [0.2, 0.25) is 0 Å². The molecule has 0 aliphatic heterocycles. The summed E-state index contributed by atoms with van der Waals surface area (Å²) < 4.78 is 0. The third kappa shape index (κ3) is 3.83. The van der Waals surface area contributed by atoms with Crippen LogP contribution in [0, 0.1) is 23.7 Å². The molecule has 1 N–H and O–H groups in total. The van der Waals surface area contributed by atoms with Crippen LogP contribution in [0.1, 0.15) is 58.3 Å². The van der Waals surface area contributed by atoms with Gasteiger partial charge >= 0.3 is 0 Å². The monoisotopic (exact) mass is 219 g/mol. The molecule has 1 nitrogen and oxygen atoms in total. The molecule has 2 rings (SSSR count). The van der Waals surface area contributed by atoms with E-state index >= 15 is 0 Å². The van der Waals surface area contributed by atoms with Gasteiger partial charge in [0.1, 0.15) is 0 Å². The Morgan fingerprint density at radius 3 is 2.44 bits per heavy atom. The zero-order valence-corrected chi connectivity index (χ0v) is 10.6. The van der Waals surface area contributed by atoms with Gasteiger partial charge in [0.05, 0.1) is 0 Å². The second-order valence-corrected chi connectivity index (χ2v) is 5.47. The highest BCUT2D eigenvalue weighted by Gasteiger charge is 2.26. The maximum Gasteiger partial charge on any atom is 0.0120 e. The summed E-state index contributed by atoms with van der Waals surface area (Å²) in [4.78, 5) is 0. The van der Waals surface area contributed by atoms with Crippen molar-refractivity contribution in [3.63, 3.8) is 0 Å². The van der Waals surface area contributed by atoms with E-state index in [1.165, 1.54) is 51.5 Å². The largest absolute Gasteiger partial charge is 0.314 e. The Bertz CT molecular complexity index is 256. The number of hydrogen-bond acceptors (Lipinski definition) is 1. The van der Waals surface area contributed by atoms with E-state index in [2.05, 4.69) is 17.2 Å². The SMILES string of the molecule is CC#CCC1CCCCCC1CNC1CC1.